The molecule has 0 fully saturated rings. The first kappa shape index (κ1) is 16.2. The molecule has 0 aliphatic carbocycles. The molecular weight excluding hydrogens is 256 g/mol. The largest absolute Gasteiger partial charge is 0.462 e. The van der Waals surface area contributed by atoms with Crippen molar-refractivity contribution in [3.05, 3.63) is 17.8 Å². The summed E-state index contributed by atoms with van der Waals surface area (Å²) in [6, 6.07) is 1.63. The van der Waals surface area contributed by atoms with E-state index in [1.165, 1.54) is 6.20 Å². The van der Waals surface area contributed by atoms with Crippen molar-refractivity contribution in [2.45, 2.75) is 20.8 Å². The van der Waals surface area contributed by atoms with Gasteiger partial charge in [0.05, 0.1) is 24.1 Å². The summed E-state index contributed by atoms with van der Waals surface area (Å²) in [6.07, 6.45) is 1.48. The molecule has 0 aromatic carbocycles. The molecule has 0 spiro atoms. The van der Waals surface area contributed by atoms with E-state index >= 15 is 0 Å². The fraction of sp³-hybridized carbons (Fsp3) is 0.571. The standard InChI is InChI=1S/C14H24N4O2/c1-4-18(5-2)8-7-16-13-9-11(12(15)10-17-13)14(19)20-6-3/h9-10H,4-8,15H2,1-3H3,(H,16,17). The molecule has 112 valence electrons. The molecule has 6 heteroatoms. The maximum absolute atomic E-state index is 11.7. The molecule has 0 saturated heterocycles. The monoisotopic (exact) mass is 280 g/mol. The molecule has 0 aliphatic rings. The van der Waals surface area contributed by atoms with Gasteiger partial charge in [0.15, 0.2) is 0 Å². The van der Waals surface area contributed by atoms with Crippen LogP contribution in [0.2, 0.25) is 0 Å². The number of likely N-dealkylation sites (N-methyl/N-ethyl adjacent to an activating group) is 1. The Kier molecular flexibility index (Phi) is 6.79. The molecule has 0 amide bonds. The van der Waals surface area contributed by atoms with Gasteiger partial charge in [-0.15, -0.1) is 0 Å². The zero-order valence-corrected chi connectivity index (χ0v) is 12.5. The van der Waals surface area contributed by atoms with Crippen LogP contribution in [0.15, 0.2) is 12.3 Å². The van der Waals surface area contributed by atoms with Gasteiger partial charge in [-0.1, -0.05) is 13.8 Å². The van der Waals surface area contributed by atoms with E-state index in [9.17, 15) is 4.79 Å². The Hall–Kier alpha value is -1.82. The lowest BCUT2D eigenvalue weighted by Crippen LogP contribution is -2.28. The van der Waals surface area contributed by atoms with Crippen LogP contribution in [0.4, 0.5) is 11.5 Å². The molecule has 0 saturated carbocycles. The van der Waals surface area contributed by atoms with Gasteiger partial charge in [0.2, 0.25) is 0 Å². The second-order valence-electron chi connectivity index (χ2n) is 4.33. The van der Waals surface area contributed by atoms with Gasteiger partial charge in [0.1, 0.15) is 5.82 Å². The summed E-state index contributed by atoms with van der Waals surface area (Å²) in [4.78, 5) is 18.2. The van der Waals surface area contributed by atoms with E-state index in [2.05, 4.69) is 29.0 Å². The number of carbonyl (C=O) groups is 1. The van der Waals surface area contributed by atoms with Gasteiger partial charge in [-0.25, -0.2) is 9.78 Å². The molecule has 20 heavy (non-hydrogen) atoms. The average molecular weight is 280 g/mol. The number of esters is 1. The van der Waals surface area contributed by atoms with Crippen LogP contribution in [0.1, 0.15) is 31.1 Å². The predicted molar refractivity (Wildman–Crippen MR) is 80.9 cm³/mol. The van der Waals surface area contributed by atoms with Gasteiger partial charge in [-0.3, -0.25) is 0 Å². The number of pyridine rings is 1. The third kappa shape index (κ3) is 4.70. The minimum absolute atomic E-state index is 0.325. The maximum Gasteiger partial charge on any atom is 0.340 e. The zero-order chi connectivity index (χ0) is 15.0. The number of anilines is 2. The smallest absolute Gasteiger partial charge is 0.340 e. The number of nitrogens with zero attached hydrogens (tertiary/aromatic N) is 2. The van der Waals surface area contributed by atoms with Crippen molar-refractivity contribution in [2.75, 3.05) is 43.8 Å². The van der Waals surface area contributed by atoms with Crippen LogP contribution >= 0.6 is 0 Å². The van der Waals surface area contributed by atoms with Gasteiger partial charge in [0.25, 0.3) is 0 Å². The second kappa shape index (κ2) is 8.37. The third-order valence-electron chi connectivity index (χ3n) is 3.06. The van der Waals surface area contributed by atoms with Gasteiger partial charge < -0.3 is 20.7 Å². The van der Waals surface area contributed by atoms with Crippen molar-refractivity contribution in [2.24, 2.45) is 0 Å². The fourth-order valence-corrected chi connectivity index (χ4v) is 1.83. The predicted octanol–water partition coefficient (Wildman–Crippen LogP) is 1.59. The summed E-state index contributed by atoms with van der Waals surface area (Å²) in [5, 5.41) is 3.19. The summed E-state index contributed by atoms with van der Waals surface area (Å²) >= 11 is 0. The van der Waals surface area contributed by atoms with Gasteiger partial charge in [0, 0.05) is 13.1 Å². The first-order valence-corrected chi connectivity index (χ1v) is 7.01. The Balaban J connectivity index is 2.63. The number of hydrogen-bond acceptors (Lipinski definition) is 6. The summed E-state index contributed by atoms with van der Waals surface area (Å²) in [7, 11) is 0. The molecule has 6 nitrogen and oxygen atoms in total. The van der Waals surface area contributed by atoms with Crippen molar-refractivity contribution < 1.29 is 9.53 Å². The van der Waals surface area contributed by atoms with Gasteiger partial charge in [-0.05, 0) is 26.1 Å². The number of nitrogens with two attached hydrogens (primary N) is 1. The minimum atomic E-state index is -0.417. The summed E-state index contributed by atoms with van der Waals surface area (Å²) in [5.74, 6) is 0.216. The van der Waals surface area contributed by atoms with E-state index in [1.54, 1.807) is 13.0 Å². The quantitative estimate of drug-likeness (QED) is 0.704. The maximum atomic E-state index is 11.7. The minimum Gasteiger partial charge on any atom is -0.462 e. The van der Waals surface area contributed by atoms with Crippen molar-refractivity contribution in [1.29, 1.82) is 0 Å². The van der Waals surface area contributed by atoms with Crippen LogP contribution in [0, 0.1) is 0 Å². The van der Waals surface area contributed by atoms with E-state index in [-0.39, 0.29) is 0 Å². The molecule has 0 unspecified atom stereocenters. The second-order valence-corrected chi connectivity index (χ2v) is 4.33. The zero-order valence-electron chi connectivity index (χ0n) is 12.5. The summed E-state index contributed by atoms with van der Waals surface area (Å²) < 4.78 is 4.96. The van der Waals surface area contributed by atoms with Crippen LogP contribution in [-0.2, 0) is 4.74 Å². The van der Waals surface area contributed by atoms with E-state index in [4.69, 9.17) is 10.5 Å². The first-order chi connectivity index (χ1) is 9.62. The van der Waals surface area contributed by atoms with Crippen LogP contribution in [0.25, 0.3) is 0 Å². The molecule has 0 radical (unpaired) electrons. The SMILES string of the molecule is CCOC(=O)c1cc(NCCN(CC)CC)ncc1N. The normalized spacial score (nSPS) is 10.6. The number of carbonyl (C=O) groups excluding carboxylic acids is 1. The molecule has 1 heterocycles. The first-order valence-electron chi connectivity index (χ1n) is 7.01. The van der Waals surface area contributed by atoms with Crippen LogP contribution < -0.4 is 11.1 Å². The molecular formula is C14H24N4O2. The molecule has 0 aliphatic heterocycles. The molecule has 1 aromatic rings. The summed E-state index contributed by atoms with van der Waals surface area (Å²) in [6.45, 7) is 10.1. The van der Waals surface area contributed by atoms with Gasteiger partial charge >= 0.3 is 5.97 Å². The fourth-order valence-electron chi connectivity index (χ4n) is 1.83. The van der Waals surface area contributed by atoms with E-state index in [0.29, 0.717) is 23.7 Å². The molecule has 1 rings (SSSR count). The Bertz CT molecular complexity index is 433. The van der Waals surface area contributed by atoms with E-state index in [0.717, 1.165) is 26.2 Å². The van der Waals surface area contributed by atoms with Crippen molar-refractivity contribution in [1.82, 2.24) is 9.88 Å². The highest BCUT2D eigenvalue weighted by atomic mass is 16.5. The van der Waals surface area contributed by atoms with Crippen LogP contribution in [-0.4, -0.2) is 48.6 Å². The number of nitrogen functional groups attached to an aromatic ring is 1. The third-order valence-corrected chi connectivity index (χ3v) is 3.06. The molecule has 1 aromatic heterocycles. The highest BCUT2D eigenvalue weighted by molar-refractivity contribution is 5.95. The lowest BCUT2D eigenvalue weighted by molar-refractivity contribution is 0.0527. The number of aromatic nitrogens is 1. The van der Waals surface area contributed by atoms with Crippen molar-refractivity contribution in [3.63, 3.8) is 0 Å². The molecule has 0 atom stereocenters. The molecule has 0 bridgehead atoms. The average Bonchev–Trinajstić information content (AvgIpc) is 2.45. The Labute approximate surface area is 120 Å². The number of hydrogen-bond donors (Lipinski definition) is 2. The number of nitrogens with one attached hydrogen (secondary N) is 1. The highest BCUT2D eigenvalue weighted by Gasteiger charge is 2.12. The highest BCUT2D eigenvalue weighted by Crippen LogP contribution is 2.15. The lowest BCUT2D eigenvalue weighted by Gasteiger charge is -2.18. The Morgan fingerprint density at radius 2 is 2.10 bits per heavy atom. The van der Waals surface area contributed by atoms with E-state index < -0.39 is 5.97 Å². The van der Waals surface area contributed by atoms with Crippen molar-refractivity contribution in [3.8, 4) is 0 Å². The van der Waals surface area contributed by atoms with Crippen LogP contribution in [0.5, 0.6) is 0 Å². The number of ether oxygens (including phenoxy) is 1. The molecule has 3 N–H and O–H groups in total. The van der Waals surface area contributed by atoms with E-state index in [1.807, 2.05) is 0 Å². The summed E-state index contributed by atoms with van der Waals surface area (Å²) in [5.41, 5.74) is 6.43. The van der Waals surface area contributed by atoms with Crippen molar-refractivity contribution >= 4 is 17.5 Å². The Morgan fingerprint density at radius 1 is 1.40 bits per heavy atom. The van der Waals surface area contributed by atoms with Crippen LogP contribution in [0.3, 0.4) is 0 Å². The number of rotatable bonds is 8. The lowest BCUT2D eigenvalue weighted by atomic mass is 10.2. The van der Waals surface area contributed by atoms with Gasteiger partial charge in [-0.2, -0.15) is 0 Å². The Morgan fingerprint density at radius 3 is 2.70 bits per heavy atom. The topological polar surface area (TPSA) is 80.5 Å².